The molecule has 1 atom stereocenters. The van der Waals surface area contributed by atoms with Crippen molar-refractivity contribution in [2.45, 2.75) is 51.4 Å². The Morgan fingerprint density at radius 3 is 2.42 bits per heavy atom. The molecule has 0 saturated carbocycles. The molecule has 0 fully saturated rings. The SMILES string of the molecule is C=C(C(=O)Nc1nc2c(s1)CN(Cc1ccc(OC(F)F)cc1)[C@H]2C(C)C)c1ccc(S(=O)(=O)CC)cc1. The molecule has 1 aliphatic rings. The van der Waals surface area contributed by atoms with Gasteiger partial charge >= 0.3 is 6.61 Å². The maximum atomic E-state index is 12.9. The van der Waals surface area contributed by atoms with Gasteiger partial charge in [-0.2, -0.15) is 8.78 Å². The highest BCUT2D eigenvalue weighted by Gasteiger charge is 2.36. The fraction of sp³-hybridized carbons (Fsp3) is 0.333. The van der Waals surface area contributed by atoms with Gasteiger partial charge in [0.25, 0.3) is 5.91 Å². The summed E-state index contributed by atoms with van der Waals surface area (Å²) in [6.45, 7) is 8.07. The van der Waals surface area contributed by atoms with Gasteiger partial charge in [0.2, 0.25) is 0 Å². The van der Waals surface area contributed by atoms with Crippen molar-refractivity contribution in [3.05, 3.63) is 76.8 Å². The molecule has 1 aromatic heterocycles. The molecule has 202 valence electrons. The number of nitrogens with zero attached hydrogens (tertiary/aromatic N) is 2. The molecule has 4 rings (SSSR count). The molecule has 1 amide bonds. The highest BCUT2D eigenvalue weighted by Crippen LogP contribution is 2.43. The minimum Gasteiger partial charge on any atom is -0.435 e. The summed E-state index contributed by atoms with van der Waals surface area (Å²) in [5.74, 6) is -0.0427. The standard InChI is InChI=1S/C27H29F2N3O4S2/c1-5-38(34,35)21-12-8-19(9-13-21)17(4)25(33)31-27-30-23-22(37-27)15-32(24(23)16(2)3)14-18-6-10-20(11-7-18)36-26(28)29/h6-13,16,24,26H,4-5,14-15H2,1-3H3,(H,30,31,33)/t24-/m0/s1. The molecule has 38 heavy (non-hydrogen) atoms. The van der Waals surface area contributed by atoms with E-state index < -0.39 is 22.4 Å². The molecule has 2 heterocycles. The number of nitrogens with one attached hydrogen (secondary N) is 1. The van der Waals surface area contributed by atoms with E-state index in [9.17, 15) is 22.0 Å². The number of hydrogen-bond donors (Lipinski definition) is 1. The Hall–Kier alpha value is -3.15. The molecular formula is C27H29F2N3O4S2. The summed E-state index contributed by atoms with van der Waals surface area (Å²) >= 11 is 1.41. The second-order valence-electron chi connectivity index (χ2n) is 9.30. The van der Waals surface area contributed by atoms with Crippen LogP contribution in [0.25, 0.3) is 5.57 Å². The van der Waals surface area contributed by atoms with Gasteiger partial charge in [-0.1, -0.05) is 63.0 Å². The van der Waals surface area contributed by atoms with Gasteiger partial charge in [0, 0.05) is 23.5 Å². The third-order valence-corrected chi connectivity index (χ3v) is 9.07. The first-order valence-electron chi connectivity index (χ1n) is 12.1. The Balaban J connectivity index is 1.43. The molecule has 7 nitrogen and oxygen atoms in total. The highest BCUT2D eigenvalue weighted by atomic mass is 32.2. The summed E-state index contributed by atoms with van der Waals surface area (Å²) in [5.41, 5.74) is 2.62. The van der Waals surface area contributed by atoms with Gasteiger partial charge in [-0.25, -0.2) is 13.4 Å². The zero-order valence-corrected chi connectivity index (χ0v) is 22.9. The van der Waals surface area contributed by atoms with Gasteiger partial charge in [-0.05, 0) is 41.3 Å². The van der Waals surface area contributed by atoms with Gasteiger partial charge in [0.05, 0.1) is 22.4 Å². The normalized spacial score (nSPS) is 15.6. The van der Waals surface area contributed by atoms with Gasteiger partial charge in [-0.15, -0.1) is 0 Å². The summed E-state index contributed by atoms with van der Waals surface area (Å²) in [6.07, 6.45) is 0. The van der Waals surface area contributed by atoms with Crippen LogP contribution >= 0.6 is 11.3 Å². The van der Waals surface area contributed by atoms with Crippen LogP contribution in [0.1, 0.15) is 48.5 Å². The number of alkyl halides is 2. The van der Waals surface area contributed by atoms with Crippen LogP contribution in [0.3, 0.4) is 0 Å². The molecular weight excluding hydrogens is 532 g/mol. The second-order valence-corrected chi connectivity index (χ2v) is 12.7. The van der Waals surface area contributed by atoms with Crippen molar-refractivity contribution in [3.63, 3.8) is 0 Å². The van der Waals surface area contributed by atoms with E-state index in [-0.39, 0.29) is 33.9 Å². The van der Waals surface area contributed by atoms with Crippen LogP contribution < -0.4 is 10.1 Å². The van der Waals surface area contributed by atoms with E-state index in [1.807, 2.05) is 0 Å². The van der Waals surface area contributed by atoms with Crippen molar-refractivity contribution in [2.75, 3.05) is 11.1 Å². The Bertz CT molecular complexity index is 1420. The number of carbonyl (C=O) groups excluding carboxylic acids is 1. The number of fused-ring (bicyclic) bond motifs is 1. The smallest absolute Gasteiger partial charge is 0.387 e. The molecule has 0 spiro atoms. The van der Waals surface area contributed by atoms with Crippen LogP contribution in [-0.2, 0) is 27.7 Å². The first kappa shape index (κ1) is 27.9. The van der Waals surface area contributed by atoms with Gasteiger partial charge in [0.15, 0.2) is 15.0 Å². The maximum absolute atomic E-state index is 12.9. The van der Waals surface area contributed by atoms with E-state index in [0.29, 0.717) is 23.8 Å². The topological polar surface area (TPSA) is 88.6 Å². The molecule has 1 aliphatic heterocycles. The molecule has 11 heteroatoms. The summed E-state index contributed by atoms with van der Waals surface area (Å²) in [6, 6.07) is 12.8. The molecule has 2 aromatic carbocycles. The number of thiazole rings is 1. The zero-order valence-electron chi connectivity index (χ0n) is 21.3. The number of hydrogen-bond acceptors (Lipinski definition) is 7. The van der Waals surface area contributed by atoms with Crippen molar-refractivity contribution in [1.82, 2.24) is 9.88 Å². The number of ether oxygens (including phenoxy) is 1. The molecule has 3 aromatic rings. The average Bonchev–Trinajstić information content (AvgIpc) is 3.40. The number of anilines is 1. The lowest BCUT2D eigenvalue weighted by Gasteiger charge is -2.27. The number of amides is 1. The van der Waals surface area contributed by atoms with Crippen LogP contribution in [0.4, 0.5) is 13.9 Å². The maximum Gasteiger partial charge on any atom is 0.387 e. The lowest BCUT2D eigenvalue weighted by Crippen LogP contribution is -2.26. The predicted octanol–water partition coefficient (Wildman–Crippen LogP) is 5.90. The van der Waals surface area contributed by atoms with E-state index in [1.54, 1.807) is 31.2 Å². The number of rotatable bonds is 10. The third-order valence-electron chi connectivity index (χ3n) is 6.35. The average molecular weight is 562 g/mol. The van der Waals surface area contributed by atoms with Crippen LogP contribution in [0, 0.1) is 5.92 Å². The van der Waals surface area contributed by atoms with E-state index in [4.69, 9.17) is 4.98 Å². The molecule has 0 unspecified atom stereocenters. The monoisotopic (exact) mass is 561 g/mol. The van der Waals surface area contributed by atoms with Crippen LogP contribution in [0.5, 0.6) is 5.75 Å². The summed E-state index contributed by atoms with van der Waals surface area (Å²) < 4.78 is 53.3. The first-order chi connectivity index (χ1) is 18.0. The number of carbonyl (C=O) groups is 1. The van der Waals surface area contributed by atoms with Crippen molar-refractivity contribution in [3.8, 4) is 5.75 Å². The number of benzene rings is 2. The quantitative estimate of drug-likeness (QED) is 0.310. The van der Waals surface area contributed by atoms with Gasteiger partial charge in [-0.3, -0.25) is 15.0 Å². The van der Waals surface area contributed by atoms with Crippen molar-refractivity contribution in [1.29, 1.82) is 0 Å². The zero-order chi connectivity index (χ0) is 27.6. The highest BCUT2D eigenvalue weighted by molar-refractivity contribution is 7.91. The van der Waals surface area contributed by atoms with E-state index in [2.05, 4.69) is 35.4 Å². The molecule has 0 radical (unpaired) electrons. The van der Waals surface area contributed by atoms with Crippen LogP contribution in [0.2, 0.25) is 0 Å². The van der Waals surface area contributed by atoms with Crippen molar-refractivity contribution < 1.29 is 26.7 Å². The predicted molar refractivity (Wildman–Crippen MR) is 144 cm³/mol. The lowest BCUT2D eigenvalue weighted by atomic mass is 10.0. The minimum atomic E-state index is -3.33. The fourth-order valence-electron chi connectivity index (χ4n) is 4.45. The minimum absolute atomic E-state index is 0.000160. The summed E-state index contributed by atoms with van der Waals surface area (Å²) in [5, 5.41) is 3.31. The third kappa shape index (κ3) is 6.11. The van der Waals surface area contributed by atoms with E-state index >= 15 is 0 Å². The Morgan fingerprint density at radius 2 is 1.84 bits per heavy atom. The molecule has 0 bridgehead atoms. The number of aromatic nitrogens is 1. The molecule has 0 aliphatic carbocycles. The Morgan fingerprint density at radius 1 is 1.18 bits per heavy atom. The number of sulfone groups is 1. The van der Waals surface area contributed by atoms with Crippen LogP contribution in [-0.4, -0.2) is 36.6 Å². The fourth-order valence-corrected chi connectivity index (χ4v) is 6.36. The largest absolute Gasteiger partial charge is 0.435 e. The van der Waals surface area contributed by atoms with Crippen LogP contribution in [0.15, 0.2) is 60.0 Å². The van der Waals surface area contributed by atoms with Crippen molar-refractivity contribution >= 4 is 37.8 Å². The second kappa shape index (κ2) is 11.3. The Kier molecular flexibility index (Phi) is 8.29. The molecule has 0 saturated heterocycles. The molecule has 1 N–H and O–H groups in total. The Labute approximate surface area is 225 Å². The number of halogens is 2. The van der Waals surface area contributed by atoms with Gasteiger partial charge in [0.1, 0.15) is 5.75 Å². The van der Waals surface area contributed by atoms with E-state index in [1.165, 1.54) is 35.6 Å². The first-order valence-corrected chi connectivity index (χ1v) is 14.6. The van der Waals surface area contributed by atoms with Gasteiger partial charge < -0.3 is 4.74 Å². The van der Waals surface area contributed by atoms with E-state index in [0.717, 1.165) is 16.1 Å². The summed E-state index contributed by atoms with van der Waals surface area (Å²) in [7, 11) is -3.33. The van der Waals surface area contributed by atoms with Crippen molar-refractivity contribution in [2.24, 2.45) is 5.92 Å². The lowest BCUT2D eigenvalue weighted by molar-refractivity contribution is -0.111. The summed E-state index contributed by atoms with van der Waals surface area (Å²) in [4.78, 5) is 21.1.